The van der Waals surface area contributed by atoms with Crippen LogP contribution in [0.2, 0.25) is 5.15 Å². The third-order valence-electron chi connectivity index (χ3n) is 3.36. The number of rotatable bonds is 5. The fourth-order valence-electron chi connectivity index (χ4n) is 2.02. The van der Waals surface area contributed by atoms with Gasteiger partial charge in [0.25, 0.3) is 0 Å². The molecule has 94 valence electrons. The Morgan fingerprint density at radius 2 is 2.29 bits per heavy atom. The second kappa shape index (κ2) is 5.65. The fourth-order valence-corrected chi connectivity index (χ4v) is 2.17. The molecule has 1 atom stereocenters. The fraction of sp³-hybridized carbons (Fsp3) is 0.667. The number of nitrogens with zero attached hydrogens (tertiary/aromatic N) is 3. The Morgan fingerprint density at radius 1 is 1.53 bits per heavy atom. The van der Waals surface area contributed by atoms with Crippen molar-refractivity contribution in [3.8, 4) is 0 Å². The highest BCUT2D eigenvalue weighted by Gasteiger charge is 2.24. The average Bonchev–Trinajstić information content (AvgIpc) is 2.27. The van der Waals surface area contributed by atoms with Gasteiger partial charge >= 0.3 is 0 Å². The molecule has 0 saturated heterocycles. The van der Waals surface area contributed by atoms with Gasteiger partial charge in [-0.25, -0.2) is 4.98 Å². The number of aromatic nitrogens is 2. The molecule has 1 fully saturated rings. The molecule has 0 amide bonds. The maximum absolute atomic E-state index is 9.32. The standard InChI is InChI=1S/C12H18ClN3O/c1-9(8-17)16(7-10-3-2-4-10)12-6-14-5-11(13)15-12/h5-6,9-10,17H,2-4,7-8H2,1H3. The van der Waals surface area contributed by atoms with Crippen LogP contribution in [-0.4, -0.2) is 34.3 Å². The van der Waals surface area contributed by atoms with Crippen molar-refractivity contribution < 1.29 is 5.11 Å². The second-order valence-corrected chi connectivity index (χ2v) is 5.07. The molecular formula is C12H18ClN3O. The summed E-state index contributed by atoms with van der Waals surface area (Å²) in [7, 11) is 0. The van der Waals surface area contributed by atoms with Crippen LogP contribution in [0, 0.1) is 5.92 Å². The van der Waals surface area contributed by atoms with Crippen molar-refractivity contribution in [2.75, 3.05) is 18.1 Å². The number of anilines is 1. The van der Waals surface area contributed by atoms with Gasteiger partial charge in [0.05, 0.1) is 25.0 Å². The zero-order chi connectivity index (χ0) is 12.3. The first-order chi connectivity index (χ1) is 8.20. The van der Waals surface area contributed by atoms with Crippen LogP contribution in [0.4, 0.5) is 5.82 Å². The van der Waals surface area contributed by atoms with Crippen molar-refractivity contribution >= 4 is 17.4 Å². The van der Waals surface area contributed by atoms with Crippen LogP contribution >= 0.6 is 11.6 Å². The van der Waals surface area contributed by atoms with Crippen LogP contribution in [0.15, 0.2) is 12.4 Å². The molecule has 0 radical (unpaired) electrons. The van der Waals surface area contributed by atoms with E-state index in [0.29, 0.717) is 11.1 Å². The number of hydrogen-bond donors (Lipinski definition) is 1. The van der Waals surface area contributed by atoms with Gasteiger partial charge in [-0.05, 0) is 25.7 Å². The van der Waals surface area contributed by atoms with Crippen molar-refractivity contribution in [1.82, 2.24) is 9.97 Å². The lowest BCUT2D eigenvalue weighted by atomic mass is 9.85. The Kier molecular flexibility index (Phi) is 4.18. The summed E-state index contributed by atoms with van der Waals surface area (Å²) in [6, 6.07) is 0.0448. The van der Waals surface area contributed by atoms with Gasteiger partial charge in [0.2, 0.25) is 0 Å². The topological polar surface area (TPSA) is 49.2 Å². The van der Waals surface area contributed by atoms with Crippen molar-refractivity contribution in [3.05, 3.63) is 17.5 Å². The minimum absolute atomic E-state index is 0.0448. The van der Waals surface area contributed by atoms with Gasteiger partial charge in [0.15, 0.2) is 0 Å². The lowest BCUT2D eigenvalue weighted by Crippen LogP contribution is -2.41. The molecule has 1 N–H and O–H groups in total. The highest BCUT2D eigenvalue weighted by molar-refractivity contribution is 6.29. The predicted octanol–water partition coefficient (Wildman–Crippen LogP) is 2.12. The summed E-state index contributed by atoms with van der Waals surface area (Å²) >= 11 is 5.86. The third kappa shape index (κ3) is 3.07. The van der Waals surface area contributed by atoms with Crippen molar-refractivity contribution in [1.29, 1.82) is 0 Å². The summed E-state index contributed by atoms with van der Waals surface area (Å²) in [5.74, 6) is 1.47. The summed E-state index contributed by atoms with van der Waals surface area (Å²) in [5, 5.41) is 9.71. The number of hydrogen-bond acceptors (Lipinski definition) is 4. The van der Waals surface area contributed by atoms with E-state index in [-0.39, 0.29) is 12.6 Å². The van der Waals surface area contributed by atoms with Crippen molar-refractivity contribution in [3.63, 3.8) is 0 Å². The molecule has 5 heteroatoms. The Bertz CT molecular complexity index is 371. The van der Waals surface area contributed by atoms with Gasteiger partial charge in [-0.15, -0.1) is 0 Å². The molecule has 1 aromatic rings. The minimum atomic E-state index is 0.0448. The van der Waals surface area contributed by atoms with Crippen LogP contribution < -0.4 is 4.90 Å². The first kappa shape index (κ1) is 12.6. The second-order valence-electron chi connectivity index (χ2n) is 4.68. The molecule has 0 aliphatic heterocycles. The molecule has 1 aliphatic rings. The van der Waals surface area contributed by atoms with E-state index in [2.05, 4.69) is 14.9 Å². The molecule has 17 heavy (non-hydrogen) atoms. The van der Waals surface area contributed by atoms with Crippen LogP contribution in [0.25, 0.3) is 0 Å². The monoisotopic (exact) mass is 255 g/mol. The Morgan fingerprint density at radius 3 is 2.82 bits per heavy atom. The zero-order valence-corrected chi connectivity index (χ0v) is 10.8. The van der Waals surface area contributed by atoms with Crippen molar-refractivity contribution in [2.24, 2.45) is 5.92 Å². The smallest absolute Gasteiger partial charge is 0.149 e. The first-order valence-corrected chi connectivity index (χ1v) is 6.43. The molecule has 2 rings (SSSR count). The quantitative estimate of drug-likeness (QED) is 0.876. The Balaban J connectivity index is 2.13. The maximum Gasteiger partial charge on any atom is 0.149 e. The molecule has 0 spiro atoms. The van der Waals surface area contributed by atoms with E-state index in [4.69, 9.17) is 11.6 Å². The van der Waals surface area contributed by atoms with E-state index < -0.39 is 0 Å². The van der Waals surface area contributed by atoms with E-state index in [1.165, 1.54) is 25.5 Å². The lowest BCUT2D eigenvalue weighted by Gasteiger charge is -2.36. The SMILES string of the molecule is CC(CO)N(CC1CCC1)c1cncc(Cl)n1. The van der Waals surface area contributed by atoms with E-state index in [9.17, 15) is 5.11 Å². The number of halogens is 1. The Labute approximate surface area is 107 Å². The average molecular weight is 256 g/mol. The van der Waals surface area contributed by atoms with Gasteiger partial charge in [-0.2, -0.15) is 0 Å². The summed E-state index contributed by atoms with van der Waals surface area (Å²) in [6.07, 6.45) is 7.07. The van der Waals surface area contributed by atoms with Gasteiger partial charge < -0.3 is 10.0 Å². The normalized spacial score (nSPS) is 17.6. The summed E-state index contributed by atoms with van der Waals surface area (Å²) in [5.41, 5.74) is 0. The highest BCUT2D eigenvalue weighted by atomic mass is 35.5. The van der Waals surface area contributed by atoms with Crippen LogP contribution in [-0.2, 0) is 0 Å². The van der Waals surface area contributed by atoms with E-state index in [1.54, 1.807) is 6.20 Å². The summed E-state index contributed by atoms with van der Waals surface area (Å²) < 4.78 is 0. The largest absolute Gasteiger partial charge is 0.394 e. The molecule has 1 aromatic heterocycles. The van der Waals surface area contributed by atoms with Gasteiger partial charge in [0, 0.05) is 6.54 Å². The molecular weight excluding hydrogens is 238 g/mol. The molecule has 1 unspecified atom stereocenters. The molecule has 1 heterocycles. The van der Waals surface area contributed by atoms with E-state index in [0.717, 1.165) is 12.4 Å². The van der Waals surface area contributed by atoms with Gasteiger partial charge in [-0.3, -0.25) is 4.98 Å². The van der Waals surface area contributed by atoms with Crippen LogP contribution in [0.5, 0.6) is 0 Å². The summed E-state index contributed by atoms with van der Waals surface area (Å²) in [6.45, 7) is 3.03. The molecule has 4 nitrogen and oxygen atoms in total. The number of aliphatic hydroxyl groups is 1. The first-order valence-electron chi connectivity index (χ1n) is 6.05. The third-order valence-corrected chi connectivity index (χ3v) is 3.54. The minimum Gasteiger partial charge on any atom is -0.394 e. The highest BCUT2D eigenvalue weighted by Crippen LogP contribution is 2.29. The van der Waals surface area contributed by atoms with Gasteiger partial charge in [0.1, 0.15) is 11.0 Å². The molecule has 0 bridgehead atoms. The molecule has 0 aromatic carbocycles. The lowest BCUT2D eigenvalue weighted by molar-refractivity contribution is 0.249. The molecule has 1 aliphatic carbocycles. The van der Waals surface area contributed by atoms with Gasteiger partial charge in [-0.1, -0.05) is 18.0 Å². The Hall–Kier alpha value is -0.870. The zero-order valence-electron chi connectivity index (χ0n) is 10.0. The van der Waals surface area contributed by atoms with Crippen molar-refractivity contribution in [2.45, 2.75) is 32.2 Å². The molecule has 1 saturated carbocycles. The van der Waals surface area contributed by atoms with Crippen LogP contribution in [0.1, 0.15) is 26.2 Å². The van der Waals surface area contributed by atoms with E-state index >= 15 is 0 Å². The summed E-state index contributed by atoms with van der Waals surface area (Å²) in [4.78, 5) is 10.4. The van der Waals surface area contributed by atoms with E-state index in [1.807, 2.05) is 6.92 Å². The predicted molar refractivity (Wildman–Crippen MR) is 68.3 cm³/mol. The number of aliphatic hydroxyl groups excluding tert-OH is 1. The maximum atomic E-state index is 9.32. The van der Waals surface area contributed by atoms with Crippen LogP contribution in [0.3, 0.4) is 0 Å².